The van der Waals surface area contributed by atoms with Gasteiger partial charge in [-0.2, -0.15) is 5.10 Å². The van der Waals surface area contributed by atoms with Crippen LogP contribution in [0.3, 0.4) is 0 Å². The number of hydrogen-bond donors (Lipinski definition) is 0. The van der Waals surface area contributed by atoms with E-state index in [4.69, 9.17) is 4.52 Å². The maximum absolute atomic E-state index is 13.2. The summed E-state index contributed by atoms with van der Waals surface area (Å²) in [6.45, 7) is 4.72. The number of carbonyl (C=O) groups is 1. The first-order valence-electron chi connectivity index (χ1n) is 10.8. The Hall–Kier alpha value is -3.74. The van der Waals surface area contributed by atoms with Crippen molar-refractivity contribution in [3.8, 4) is 17.1 Å². The molecule has 32 heavy (non-hydrogen) atoms. The van der Waals surface area contributed by atoms with Gasteiger partial charge < -0.3 is 9.42 Å². The summed E-state index contributed by atoms with van der Waals surface area (Å²) < 4.78 is 7.23. The zero-order valence-corrected chi connectivity index (χ0v) is 18.6. The highest BCUT2D eigenvalue weighted by molar-refractivity contribution is 5.95. The molecule has 0 spiro atoms. The smallest absolute Gasteiger partial charge is 0.257 e. The Morgan fingerprint density at radius 1 is 1.12 bits per heavy atom. The number of nitrogens with zero attached hydrogens (tertiary/aromatic N) is 5. The Labute approximate surface area is 187 Å². The van der Waals surface area contributed by atoms with Gasteiger partial charge in [0.05, 0.1) is 17.5 Å². The molecule has 1 aromatic carbocycles. The van der Waals surface area contributed by atoms with Crippen molar-refractivity contribution >= 4 is 5.91 Å². The molecule has 0 saturated heterocycles. The van der Waals surface area contributed by atoms with Crippen molar-refractivity contribution in [3.05, 3.63) is 84.0 Å². The molecule has 1 amide bonds. The predicted molar refractivity (Wildman–Crippen MR) is 123 cm³/mol. The summed E-state index contributed by atoms with van der Waals surface area (Å²) in [5.74, 6) is 1.60. The fraction of sp³-hybridized carbons (Fsp3) is 0.280. The van der Waals surface area contributed by atoms with Crippen LogP contribution in [0.25, 0.3) is 17.1 Å². The standard InChI is InChI=1S/C25H27N5O2/c1-18(2)24-21(17-27-30(24)23-13-7-8-14-26-23)25(31)29(3)15-9-12-20-16-22(28-32-20)19-10-5-4-6-11-19/h4-8,10-11,13-14,16-18H,9,12,15H2,1-3H3. The average molecular weight is 430 g/mol. The first-order valence-corrected chi connectivity index (χ1v) is 10.8. The van der Waals surface area contributed by atoms with E-state index in [9.17, 15) is 4.79 Å². The Morgan fingerprint density at radius 3 is 2.62 bits per heavy atom. The van der Waals surface area contributed by atoms with Crippen molar-refractivity contribution < 1.29 is 9.32 Å². The number of hydrogen-bond acceptors (Lipinski definition) is 5. The fourth-order valence-corrected chi connectivity index (χ4v) is 3.71. The lowest BCUT2D eigenvalue weighted by atomic mass is 10.0. The number of rotatable bonds is 8. The molecule has 0 radical (unpaired) electrons. The van der Waals surface area contributed by atoms with Crippen LogP contribution in [-0.4, -0.2) is 44.3 Å². The summed E-state index contributed by atoms with van der Waals surface area (Å²) in [5, 5.41) is 8.61. The van der Waals surface area contributed by atoms with E-state index >= 15 is 0 Å². The van der Waals surface area contributed by atoms with Gasteiger partial charge in [-0.1, -0.05) is 55.4 Å². The largest absolute Gasteiger partial charge is 0.361 e. The van der Waals surface area contributed by atoms with Crippen LogP contribution < -0.4 is 0 Å². The molecule has 0 unspecified atom stereocenters. The van der Waals surface area contributed by atoms with Gasteiger partial charge in [-0.15, -0.1) is 0 Å². The van der Waals surface area contributed by atoms with Gasteiger partial charge in [0.2, 0.25) is 0 Å². The van der Waals surface area contributed by atoms with Crippen LogP contribution in [-0.2, 0) is 6.42 Å². The highest BCUT2D eigenvalue weighted by Gasteiger charge is 2.23. The number of carbonyl (C=O) groups excluding carboxylic acids is 1. The minimum atomic E-state index is -0.0431. The summed E-state index contributed by atoms with van der Waals surface area (Å²) in [6.07, 6.45) is 4.85. The van der Waals surface area contributed by atoms with Crippen LogP contribution in [0.1, 0.15) is 48.0 Å². The molecule has 3 aromatic heterocycles. The molecule has 4 aromatic rings. The van der Waals surface area contributed by atoms with Crippen molar-refractivity contribution in [2.24, 2.45) is 0 Å². The van der Waals surface area contributed by atoms with Crippen molar-refractivity contribution in [1.29, 1.82) is 0 Å². The van der Waals surface area contributed by atoms with E-state index in [1.807, 2.05) is 61.6 Å². The lowest BCUT2D eigenvalue weighted by molar-refractivity contribution is 0.0791. The van der Waals surface area contributed by atoms with Crippen LogP contribution in [0, 0.1) is 0 Å². The van der Waals surface area contributed by atoms with Crippen LogP contribution in [0.4, 0.5) is 0 Å². The molecule has 0 saturated carbocycles. The average Bonchev–Trinajstić information content (AvgIpc) is 3.47. The molecule has 164 valence electrons. The van der Waals surface area contributed by atoms with Crippen LogP contribution in [0.5, 0.6) is 0 Å². The molecule has 4 rings (SSSR count). The highest BCUT2D eigenvalue weighted by atomic mass is 16.5. The zero-order valence-electron chi connectivity index (χ0n) is 18.6. The van der Waals surface area contributed by atoms with E-state index in [1.54, 1.807) is 22.0 Å². The molecule has 3 heterocycles. The fourth-order valence-electron chi connectivity index (χ4n) is 3.71. The molecule has 0 aliphatic carbocycles. The van der Waals surface area contributed by atoms with Gasteiger partial charge >= 0.3 is 0 Å². The monoisotopic (exact) mass is 429 g/mol. The van der Waals surface area contributed by atoms with Crippen molar-refractivity contribution in [2.45, 2.75) is 32.6 Å². The first kappa shape index (κ1) is 21.5. The molecule has 0 fully saturated rings. The summed E-state index contributed by atoms with van der Waals surface area (Å²) >= 11 is 0. The van der Waals surface area contributed by atoms with Gasteiger partial charge in [0.15, 0.2) is 5.82 Å². The molecule has 0 N–H and O–H groups in total. The second kappa shape index (κ2) is 9.60. The van der Waals surface area contributed by atoms with Gasteiger partial charge in [-0.3, -0.25) is 4.79 Å². The van der Waals surface area contributed by atoms with Crippen LogP contribution in [0.15, 0.2) is 71.5 Å². The topological polar surface area (TPSA) is 77.0 Å². The van der Waals surface area contributed by atoms with Crippen molar-refractivity contribution in [1.82, 2.24) is 24.8 Å². The van der Waals surface area contributed by atoms with Crippen molar-refractivity contribution in [2.75, 3.05) is 13.6 Å². The number of aromatic nitrogens is 4. The van der Waals surface area contributed by atoms with Crippen molar-refractivity contribution in [3.63, 3.8) is 0 Å². The predicted octanol–water partition coefficient (Wildman–Crippen LogP) is 4.75. The summed E-state index contributed by atoms with van der Waals surface area (Å²) in [4.78, 5) is 19.3. The van der Waals surface area contributed by atoms with E-state index in [0.29, 0.717) is 24.3 Å². The second-order valence-electron chi connectivity index (χ2n) is 8.07. The second-order valence-corrected chi connectivity index (χ2v) is 8.07. The molecule has 0 bridgehead atoms. The molecule has 0 atom stereocenters. The third kappa shape index (κ3) is 4.61. The number of aryl methyl sites for hydroxylation is 1. The summed E-state index contributed by atoms with van der Waals surface area (Å²) in [5.41, 5.74) is 3.33. The van der Waals surface area contributed by atoms with E-state index < -0.39 is 0 Å². The lowest BCUT2D eigenvalue weighted by Gasteiger charge is -2.18. The van der Waals surface area contributed by atoms with Gasteiger partial charge in [0, 0.05) is 37.8 Å². The van der Waals surface area contributed by atoms with Gasteiger partial charge in [-0.25, -0.2) is 9.67 Å². The molecular formula is C25H27N5O2. The Morgan fingerprint density at radius 2 is 1.91 bits per heavy atom. The number of amides is 1. The minimum absolute atomic E-state index is 0.0431. The number of benzene rings is 1. The molecule has 7 nitrogen and oxygen atoms in total. The molecule has 0 aliphatic heterocycles. The summed E-state index contributed by atoms with van der Waals surface area (Å²) in [6, 6.07) is 17.6. The van der Waals surface area contributed by atoms with Gasteiger partial charge in [-0.05, 0) is 24.5 Å². The normalized spacial score (nSPS) is 11.1. The summed E-state index contributed by atoms with van der Waals surface area (Å²) in [7, 11) is 1.82. The minimum Gasteiger partial charge on any atom is -0.361 e. The number of pyridine rings is 1. The van der Waals surface area contributed by atoms with E-state index in [2.05, 4.69) is 29.1 Å². The maximum atomic E-state index is 13.2. The third-order valence-corrected chi connectivity index (χ3v) is 5.34. The maximum Gasteiger partial charge on any atom is 0.257 e. The van der Waals surface area contributed by atoms with E-state index in [-0.39, 0.29) is 11.8 Å². The molecule has 0 aliphatic rings. The van der Waals surface area contributed by atoms with Gasteiger partial charge in [0.25, 0.3) is 5.91 Å². The Bertz CT molecular complexity index is 1170. The first-order chi connectivity index (χ1) is 15.5. The Kier molecular flexibility index (Phi) is 6.44. The molecule has 7 heteroatoms. The van der Waals surface area contributed by atoms with E-state index in [0.717, 1.165) is 29.1 Å². The quantitative estimate of drug-likeness (QED) is 0.404. The SMILES string of the molecule is CC(C)c1c(C(=O)N(C)CCCc2cc(-c3ccccc3)no2)cnn1-c1ccccn1. The highest BCUT2D eigenvalue weighted by Crippen LogP contribution is 2.24. The Balaban J connectivity index is 1.40. The lowest BCUT2D eigenvalue weighted by Crippen LogP contribution is -2.29. The third-order valence-electron chi connectivity index (χ3n) is 5.34. The van der Waals surface area contributed by atoms with Gasteiger partial charge in [0.1, 0.15) is 11.5 Å². The van der Waals surface area contributed by atoms with E-state index in [1.165, 1.54) is 0 Å². The molecular weight excluding hydrogens is 402 g/mol. The zero-order chi connectivity index (χ0) is 22.5. The van der Waals surface area contributed by atoms with Crippen LogP contribution in [0.2, 0.25) is 0 Å². The van der Waals surface area contributed by atoms with Crippen LogP contribution >= 0.6 is 0 Å².